The monoisotopic (exact) mass is 436 g/mol. The van der Waals surface area contributed by atoms with Crippen molar-refractivity contribution in [2.75, 3.05) is 33.4 Å². The van der Waals surface area contributed by atoms with Crippen molar-refractivity contribution >= 4 is 5.91 Å². The molecule has 8 heteroatoms. The molecule has 0 radical (unpaired) electrons. The molecule has 1 amide bonds. The Morgan fingerprint density at radius 1 is 1.16 bits per heavy atom. The third-order valence-corrected chi connectivity index (χ3v) is 5.36. The van der Waals surface area contributed by atoms with Crippen LogP contribution in [0, 0.1) is 0 Å². The Balaban J connectivity index is 1.51. The van der Waals surface area contributed by atoms with Crippen LogP contribution in [-0.4, -0.2) is 50.3 Å². The van der Waals surface area contributed by atoms with Gasteiger partial charge in [0.25, 0.3) is 5.91 Å². The van der Waals surface area contributed by atoms with E-state index in [1.54, 1.807) is 18.2 Å². The summed E-state index contributed by atoms with van der Waals surface area (Å²) in [5, 5.41) is 2.56. The smallest absolute Gasteiger partial charge is 0.417 e. The fourth-order valence-corrected chi connectivity index (χ4v) is 3.57. The van der Waals surface area contributed by atoms with Crippen molar-refractivity contribution in [2.24, 2.45) is 0 Å². The average Bonchev–Trinajstić information content (AvgIpc) is 2.77. The van der Waals surface area contributed by atoms with Crippen LogP contribution < -0.4 is 10.1 Å². The van der Waals surface area contributed by atoms with E-state index < -0.39 is 23.2 Å². The molecular formula is C23H27F3N2O3. The van der Waals surface area contributed by atoms with Gasteiger partial charge in [-0.2, -0.15) is 13.2 Å². The molecule has 1 aliphatic heterocycles. The highest BCUT2D eigenvalue weighted by Crippen LogP contribution is 2.31. The van der Waals surface area contributed by atoms with Crippen LogP contribution in [0.5, 0.6) is 5.75 Å². The molecule has 0 aliphatic carbocycles. The van der Waals surface area contributed by atoms with Gasteiger partial charge in [-0.05, 0) is 49.7 Å². The molecule has 0 spiro atoms. The van der Waals surface area contributed by atoms with Crippen molar-refractivity contribution in [3.05, 3.63) is 65.2 Å². The summed E-state index contributed by atoms with van der Waals surface area (Å²) < 4.78 is 50.6. The minimum absolute atomic E-state index is 0.101. The number of rotatable bonds is 8. The van der Waals surface area contributed by atoms with Crippen LogP contribution in [0.4, 0.5) is 13.2 Å². The minimum Gasteiger partial charge on any atom is -0.492 e. The maximum Gasteiger partial charge on any atom is 0.417 e. The van der Waals surface area contributed by atoms with Crippen LogP contribution >= 0.6 is 0 Å². The highest BCUT2D eigenvalue weighted by molar-refractivity contribution is 5.95. The maximum absolute atomic E-state index is 13.1. The van der Waals surface area contributed by atoms with E-state index in [0.29, 0.717) is 18.4 Å². The molecule has 1 fully saturated rings. The second kappa shape index (κ2) is 10.6. The van der Waals surface area contributed by atoms with Gasteiger partial charge in [-0.15, -0.1) is 0 Å². The molecule has 1 aliphatic rings. The van der Waals surface area contributed by atoms with Crippen LogP contribution in [0.2, 0.25) is 0 Å². The number of nitrogens with one attached hydrogen (secondary N) is 1. The number of carbonyl (C=O) groups excluding carboxylic acids is 1. The van der Waals surface area contributed by atoms with Crippen molar-refractivity contribution in [3.63, 3.8) is 0 Å². The van der Waals surface area contributed by atoms with Gasteiger partial charge < -0.3 is 14.8 Å². The Bertz CT molecular complexity index is 867. The van der Waals surface area contributed by atoms with Crippen molar-refractivity contribution in [1.82, 2.24) is 10.2 Å². The number of carbonyl (C=O) groups is 1. The number of likely N-dealkylation sites (N-methyl/N-ethyl adjacent to an activating group) is 1. The van der Waals surface area contributed by atoms with Gasteiger partial charge in [0.2, 0.25) is 0 Å². The van der Waals surface area contributed by atoms with E-state index in [4.69, 9.17) is 9.47 Å². The first-order chi connectivity index (χ1) is 14.8. The van der Waals surface area contributed by atoms with Crippen LogP contribution in [0.25, 0.3) is 0 Å². The lowest BCUT2D eigenvalue weighted by atomic mass is 10.1. The molecule has 168 valence electrons. The van der Waals surface area contributed by atoms with Gasteiger partial charge in [-0.3, -0.25) is 9.69 Å². The lowest BCUT2D eigenvalue weighted by Crippen LogP contribution is -2.38. The SMILES string of the molecule is CN(CCOc1cccc(CNC(=O)c2ccccc2C(F)(F)F)c1)C1CCOCC1. The Morgan fingerprint density at radius 2 is 1.90 bits per heavy atom. The summed E-state index contributed by atoms with van der Waals surface area (Å²) in [6, 6.07) is 12.4. The molecule has 0 aromatic heterocycles. The summed E-state index contributed by atoms with van der Waals surface area (Å²) in [5.74, 6) is -0.111. The van der Waals surface area contributed by atoms with Gasteiger partial charge in [-0.1, -0.05) is 24.3 Å². The quantitative estimate of drug-likeness (QED) is 0.676. The van der Waals surface area contributed by atoms with Crippen LogP contribution in [0.15, 0.2) is 48.5 Å². The third kappa shape index (κ3) is 6.70. The molecule has 1 saturated heterocycles. The Labute approximate surface area is 180 Å². The van der Waals surface area contributed by atoms with Gasteiger partial charge in [0.15, 0.2) is 0 Å². The van der Waals surface area contributed by atoms with Crippen LogP contribution in [-0.2, 0) is 17.5 Å². The van der Waals surface area contributed by atoms with Gasteiger partial charge in [0.1, 0.15) is 12.4 Å². The van der Waals surface area contributed by atoms with Crippen molar-refractivity contribution in [1.29, 1.82) is 0 Å². The summed E-state index contributed by atoms with van der Waals surface area (Å²) >= 11 is 0. The molecule has 2 aromatic carbocycles. The van der Waals surface area contributed by atoms with E-state index in [2.05, 4.69) is 17.3 Å². The number of halogens is 3. The summed E-state index contributed by atoms with van der Waals surface area (Å²) in [4.78, 5) is 14.6. The first kappa shape index (κ1) is 23.1. The van der Waals surface area contributed by atoms with E-state index in [9.17, 15) is 18.0 Å². The van der Waals surface area contributed by atoms with E-state index in [1.807, 2.05) is 6.07 Å². The Hall–Kier alpha value is -2.58. The fourth-order valence-electron chi connectivity index (χ4n) is 3.57. The largest absolute Gasteiger partial charge is 0.492 e. The topological polar surface area (TPSA) is 50.8 Å². The molecule has 31 heavy (non-hydrogen) atoms. The second-order valence-corrected chi connectivity index (χ2v) is 7.55. The molecule has 0 bridgehead atoms. The predicted octanol–water partition coefficient (Wildman–Crippen LogP) is 4.13. The molecule has 1 N–H and O–H groups in total. The number of alkyl halides is 3. The zero-order valence-corrected chi connectivity index (χ0v) is 17.5. The van der Waals surface area contributed by atoms with Crippen LogP contribution in [0.1, 0.15) is 34.3 Å². The molecular weight excluding hydrogens is 409 g/mol. The molecule has 3 rings (SSSR count). The minimum atomic E-state index is -4.58. The Morgan fingerprint density at radius 3 is 2.65 bits per heavy atom. The van der Waals surface area contributed by atoms with Gasteiger partial charge in [0, 0.05) is 32.3 Å². The second-order valence-electron chi connectivity index (χ2n) is 7.55. The van der Waals surface area contributed by atoms with Gasteiger partial charge in [0.05, 0.1) is 11.1 Å². The third-order valence-electron chi connectivity index (χ3n) is 5.36. The first-order valence-electron chi connectivity index (χ1n) is 10.3. The zero-order valence-electron chi connectivity index (χ0n) is 17.5. The number of hydrogen-bond acceptors (Lipinski definition) is 4. The molecule has 1 heterocycles. The normalized spacial score (nSPS) is 15.1. The van der Waals surface area contributed by atoms with E-state index >= 15 is 0 Å². The first-order valence-corrected chi connectivity index (χ1v) is 10.3. The van der Waals surface area contributed by atoms with Crippen molar-refractivity contribution < 1.29 is 27.4 Å². The summed E-state index contributed by atoms with van der Waals surface area (Å²) in [6.07, 6.45) is -2.55. The van der Waals surface area contributed by atoms with Crippen LogP contribution in [0.3, 0.4) is 0 Å². The highest BCUT2D eigenvalue weighted by atomic mass is 19.4. The lowest BCUT2D eigenvalue weighted by molar-refractivity contribution is -0.137. The number of benzene rings is 2. The van der Waals surface area contributed by atoms with E-state index in [1.165, 1.54) is 18.2 Å². The highest BCUT2D eigenvalue weighted by Gasteiger charge is 2.34. The summed E-state index contributed by atoms with van der Waals surface area (Å²) in [6.45, 7) is 2.97. The Kier molecular flexibility index (Phi) is 7.92. The molecule has 0 saturated carbocycles. The predicted molar refractivity (Wildman–Crippen MR) is 111 cm³/mol. The molecule has 0 unspecified atom stereocenters. The average molecular weight is 436 g/mol. The molecule has 2 aromatic rings. The lowest BCUT2D eigenvalue weighted by Gasteiger charge is -2.31. The zero-order chi connectivity index (χ0) is 22.3. The van der Waals surface area contributed by atoms with E-state index in [0.717, 1.165) is 44.2 Å². The van der Waals surface area contributed by atoms with Gasteiger partial charge in [-0.25, -0.2) is 0 Å². The maximum atomic E-state index is 13.1. The van der Waals surface area contributed by atoms with Crippen molar-refractivity contribution in [2.45, 2.75) is 31.6 Å². The van der Waals surface area contributed by atoms with E-state index in [-0.39, 0.29) is 6.54 Å². The summed E-state index contributed by atoms with van der Waals surface area (Å²) in [7, 11) is 2.07. The number of amides is 1. The molecule has 5 nitrogen and oxygen atoms in total. The van der Waals surface area contributed by atoms with Crippen molar-refractivity contribution in [3.8, 4) is 5.75 Å². The fraction of sp³-hybridized carbons (Fsp3) is 0.435. The number of ether oxygens (including phenoxy) is 2. The standard InChI is InChI=1S/C23H27F3N2O3/c1-28(18-9-12-30-13-10-18)11-14-31-19-6-4-5-17(15-19)16-27-22(29)20-7-2-3-8-21(20)23(24,25)26/h2-8,15,18H,9-14,16H2,1H3,(H,27,29). The number of nitrogens with zero attached hydrogens (tertiary/aromatic N) is 1. The van der Waals surface area contributed by atoms with Gasteiger partial charge >= 0.3 is 6.18 Å². The summed E-state index contributed by atoms with van der Waals surface area (Å²) in [5.41, 5.74) is -0.593. The number of hydrogen-bond donors (Lipinski definition) is 1. The molecule has 0 atom stereocenters.